The molecule has 0 fully saturated rings. The summed E-state index contributed by atoms with van der Waals surface area (Å²) in [5.74, 6) is 0. The molecule has 0 aromatic heterocycles. The molecule has 0 saturated carbocycles. The Kier molecular flexibility index (Phi) is 6.10. The van der Waals surface area contributed by atoms with Crippen LogP contribution in [0.3, 0.4) is 0 Å². The minimum absolute atomic E-state index is 0.605. The molecule has 32 heavy (non-hydrogen) atoms. The highest BCUT2D eigenvalue weighted by molar-refractivity contribution is 7.79. The van der Waals surface area contributed by atoms with Gasteiger partial charge in [-0.1, -0.05) is 109 Å². The molecule has 0 unspecified atom stereocenters. The SMILES string of the molecule is c1ccc(N(c2ccccc2)c2ccc(P(c3ccccc3)c3ccccc3)cc2)cc1. The number of para-hydroxylation sites is 2. The molecule has 0 spiro atoms. The molecule has 0 atom stereocenters. The second-order valence-corrected chi connectivity index (χ2v) is 9.75. The van der Waals surface area contributed by atoms with Crippen molar-refractivity contribution in [1.82, 2.24) is 0 Å². The van der Waals surface area contributed by atoms with Crippen LogP contribution >= 0.6 is 7.92 Å². The van der Waals surface area contributed by atoms with Crippen LogP contribution in [0.2, 0.25) is 0 Å². The molecule has 0 saturated heterocycles. The minimum Gasteiger partial charge on any atom is -0.311 e. The summed E-state index contributed by atoms with van der Waals surface area (Å²) in [6, 6.07) is 51.8. The summed E-state index contributed by atoms with van der Waals surface area (Å²) < 4.78 is 0. The third kappa shape index (κ3) is 4.35. The van der Waals surface area contributed by atoms with Crippen LogP contribution in [0.5, 0.6) is 0 Å². The highest BCUT2D eigenvalue weighted by Gasteiger charge is 2.17. The molecule has 0 aliphatic carbocycles. The third-order valence-corrected chi connectivity index (χ3v) is 7.87. The van der Waals surface area contributed by atoms with E-state index in [1.54, 1.807) is 0 Å². The highest BCUT2D eigenvalue weighted by atomic mass is 31.1. The molecule has 154 valence electrons. The van der Waals surface area contributed by atoms with Crippen LogP contribution in [-0.2, 0) is 0 Å². The Morgan fingerprint density at radius 3 is 1.03 bits per heavy atom. The number of hydrogen-bond acceptors (Lipinski definition) is 1. The summed E-state index contributed by atoms with van der Waals surface area (Å²) in [5, 5.41) is 4.08. The van der Waals surface area contributed by atoms with Crippen molar-refractivity contribution in [3.63, 3.8) is 0 Å². The van der Waals surface area contributed by atoms with E-state index in [0.717, 1.165) is 17.1 Å². The normalized spacial score (nSPS) is 10.8. The zero-order valence-corrected chi connectivity index (χ0v) is 18.6. The first kappa shape index (κ1) is 20.2. The molecule has 5 rings (SSSR count). The van der Waals surface area contributed by atoms with E-state index in [1.165, 1.54) is 15.9 Å². The monoisotopic (exact) mass is 429 g/mol. The van der Waals surface area contributed by atoms with E-state index < -0.39 is 7.92 Å². The van der Waals surface area contributed by atoms with Gasteiger partial charge in [0.15, 0.2) is 0 Å². The van der Waals surface area contributed by atoms with Gasteiger partial charge in [-0.25, -0.2) is 0 Å². The molecular formula is C30H24NP. The Labute approximate surface area is 191 Å². The minimum atomic E-state index is -0.605. The van der Waals surface area contributed by atoms with Gasteiger partial charge < -0.3 is 4.90 Å². The van der Waals surface area contributed by atoms with Crippen molar-refractivity contribution in [3.05, 3.63) is 146 Å². The number of hydrogen-bond donors (Lipinski definition) is 0. The van der Waals surface area contributed by atoms with Gasteiger partial charge in [-0.05, 0) is 60.2 Å². The number of anilines is 3. The summed E-state index contributed by atoms with van der Waals surface area (Å²) in [5.41, 5.74) is 3.46. The van der Waals surface area contributed by atoms with Crippen molar-refractivity contribution in [2.45, 2.75) is 0 Å². The average Bonchev–Trinajstić information content (AvgIpc) is 2.88. The Morgan fingerprint density at radius 2 is 0.625 bits per heavy atom. The van der Waals surface area contributed by atoms with E-state index >= 15 is 0 Å². The van der Waals surface area contributed by atoms with E-state index in [4.69, 9.17) is 0 Å². The maximum absolute atomic E-state index is 2.30. The Morgan fingerprint density at radius 1 is 0.312 bits per heavy atom. The zero-order valence-electron chi connectivity index (χ0n) is 17.8. The van der Waals surface area contributed by atoms with Gasteiger partial charge in [0, 0.05) is 17.1 Å². The lowest BCUT2D eigenvalue weighted by Gasteiger charge is -2.26. The van der Waals surface area contributed by atoms with Gasteiger partial charge >= 0.3 is 0 Å². The predicted octanol–water partition coefficient (Wildman–Crippen LogP) is 6.91. The van der Waals surface area contributed by atoms with Crippen LogP contribution in [0.25, 0.3) is 0 Å². The molecule has 5 aromatic carbocycles. The molecule has 0 heterocycles. The molecule has 0 amide bonds. The molecule has 0 N–H and O–H groups in total. The summed E-state index contributed by atoms with van der Waals surface area (Å²) in [7, 11) is -0.605. The predicted molar refractivity (Wildman–Crippen MR) is 140 cm³/mol. The summed E-state index contributed by atoms with van der Waals surface area (Å²) in [6.07, 6.45) is 0. The van der Waals surface area contributed by atoms with Crippen LogP contribution in [0.15, 0.2) is 146 Å². The summed E-state index contributed by atoms with van der Waals surface area (Å²) in [4.78, 5) is 2.30. The summed E-state index contributed by atoms with van der Waals surface area (Å²) >= 11 is 0. The standard InChI is InChI=1S/C30H24NP/c1-5-13-25(14-6-1)31(26-15-7-2-8-16-26)27-21-23-30(24-22-27)32(28-17-9-3-10-18-28)29-19-11-4-12-20-29/h1-24H. The van der Waals surface area contributed by atoms with Crippen LogP contribution in [0.4, 0.5) is 17.1 Å². The Balaban J connectivity index is 1.57. The van der Waals surface area contributed by atoms with Gasteiger partial charge in [-0.2, -0.15) is 0 Å². The average molecular weight is 430 g/mol. The second kappa shape index (κ2) is 9.64. The molecule has 1 nitrogen and oxygen atoms in total. The number of benzene rings is 5. The maximum atomic E-state index is 2.30. The molecule has 0 aliphatic rings. The first-order chi connectivity index (χ1) is 15.9. The van der Waals surface area contributed by atoms with E-state index in [0.29, 0.717) is 0 Å². The lowest BCUT2D eigenvalue weighted by molar-refractivity contribution is 1.29. The van der Waals surface area contributed by atoms with Crippen molar-refractivity contribution < 1.29 is 0 Å². The molecule has 2 heteroatoms. The molecule has 0 aliphatic heterocycles. The zero-order chi connectivity index (χ0) is 21.6. The van der Waals surface area contributed by atoms with E-state index in [2.05, 4.69) is 150 Å². The second-order valence-electron chi connectivity index (χ2n) is 7.53. The molecule has 5 aromatic rings. The van der Waals surface area contributed by atoms with Gasteiger partial charge in [0.05, 0.1) is 0 Å². The smallest absolute Gasteiger partial charge is 0.0462 e. The van der Waals surface area contributed by atoms with Gasteiger partial charge in [-0.3, -0.25) is 0 Å². The van der Waals surface area contributed by atoms with Crippen LogP contribution in [-0.4, -0.2) is 0 Å². The largest absolute Gasteiger partial charge is 0.311 e. The fourth-order valence-corrected chi connectivity index (χ4v) is 6.24. The van der Waals surface area contributed by atoms with Crippen LogP contribution < -0.4 is 20.8 Å². The summed E-state index contributed by atoms with van der Waals surface area (Å²) in [6.45, 7) is 0. The fourth-order valence-electron chi connectivity index (χ4n) is 3.95. The highest BCUT2D eigenvalue weighted by Crippen LogP contribution is 2.36. The molecule has 0 radical (unpaired) electrons. The number of nitrogens with zero attached hydrogens (tertiary/aromatic N) is 1. The quantitative estimate of drug-likeness (QED) is 0.265. The van der Waals surface area contributed by atoms with Crippen molar-refractivity contribution in [2.75, 3.05) is 4.90 Å². The lowest BCUT2D eigenvalue weighted by Crippen LogP contribution is -2.20. The van der Waals surface area contributed by atoms with Crippen molar-refractivity contribution >= 4 is 40.9 Å². The van der Waals surface area contributed by atoms with E-state index in [-0.39, 0.29) is 0 Å². The fraction of sp³-hybridized carbons (Fsp3) is 0. The van der Waals surface area contributed by atoms with Crippen LogP contribution in [0.1, 0.15) is 0 Å². The maximum Gasteiger partial charge on any atom is 0.0462 e. The lowest BCUT2D eigenvalue weighted by atomic mass is 10.2. The van der Waals surface area contributed by atoms with Gasteiger partial charge in [0.25, 0.3) is 0 Å². The van der Waals surface area contributed by atoms with Gasteiger partial charge in [0.1, 0.15) is 0 Å². The Hall–Kier alpha value is -3.67. The first-order valence-corrected chi connectivity index (χ1v) is 12.1. The van der Waals surface area contributed by atoms with Crippen molar-refractivity contribution in [1.29, 1.82) is 0 Å². The van der Waals surface area contributed by atoms with E-state index in [1.807, 2.05) is 0 Å². The first-order valence-electron chi connectivity index (χ1n) is 10.8. The number of rotatable bonds is 6. The van der Waals surface area contributed by atoms with Crippen molar-refractivity contribution in [3.8, 4) is 0 Å². The van der Waals surface area contributed by atoms with Crippen LogP contribution in [0, 0.1) is 0 Å². The molecule has 0 bridgehead atoms. The van der Waals surface area contributed by atoms with E-state index in [9.17, 15) is 0 Å². The van der Waals surface area contributed by atoms with Gasteiger partial charge in [-0.15, -0.1) is 0 Å². The van der Waals surface area contributed by atoms with Crippen molar-refractivity contribution in [2.24, 2.45) is 0 Å². The molecular weight excluding hydrogens is 405 g/mol. The topological polar surface area (TPSA) is 3.24 Å². The Bertz CT molecular complexity index is 1060. The third-order valence-electron chi connectivity index (χ3n) is 5.42. The van der Waals surface area contributed by atoms with Gasteiger partial charge in [0.2, 0.25) is 0 Å².